The zero-order valence-electron chi connectivity index (χ0n) is 20.2. The Morgan fingerprint density at radius 1 is 1.19 bits per heavy atom. The second-order valence-electron chi connectivity index (χ2n) is 8.55. The van der Waals surface area contributed by atoms with Crippen molar-refractivity contribution in [3.8, 4) is 0 Å². The molecule has 0 spiro atoms. The number of aliphatic imine (C=N–C) groups is 1. The number of allylic oxidation sites excluding steroid dienone is 1. The summed E-state index contributed by atoms with van der Waals surface area (Å²) in [6.07, 6.45) is 2.78. The highest BCUT2D eigenvalue weighted by Crippen LogP contribution is 2.34. The number of aryl methyl sites for hydroxylation is 2. The lowest BCUT2D eigenvalue weighted by Crippen LogP contribution is -2.12. The van der Waals surface area contributed by atoms with Gasteiger partial charge in [0.25, 0.3) is 0 Å². The first kappa shape index (κ1) is 25.7. The van der Waals surface area contributed by atoms with Gasteiger partial charge in [0.2, 0.25) is 6.79 Å². The summed E-state index contributed by atoms with van der Waals surface area (Å²) in [6, 6.07) is 8.28. The molecule has 0 amide bonds. The summed E-state index contributed by atoms with van der Waals surface area (Å²) in [5.41, 5.74) is 4.23. The number of ether oxygens (including phenoxy) is 2. The molecule has 0 bridgehead atoms. The minimum atomic E-state index is -0.307. The van der Waals surface area contributed by atoms with Gasteiger partial charge in [0.05, 0.1) is 10.7 Å². The lowest BCUT2D eigenvalue weighted by atomic mass is 9.86. The smallest absolute Gasteiger partial charge is 0.308 e. The van der Waals surface area contributed by atoms with E-state index in [1.54, 1.807) is 17.9 Å². The normalized spacial score (nSPS) is 12.8. The number of carbonyl (C=O) groups excluding carboxylic acids is 1. The lowest BCUT2D eigenvalue weighted by molar-refractivity contribution is -0.151. The fourth-order valence-corrected chi connectivity index (χ4v) is 3.47. The molecule has 174 valence electrons. The predicted octanol–water partition coefficient (Wildman–Crippen LogP) is 6.05. The molecular formula is C25H34ClN3O3. The van der Waals surface area contributed by atoms with Gasteiger partial charge in [0, 0.05) is 31.8 Å². The number of halogens is 1. The first-order valence-corrected chi connectivity index (χ1v) is 11.3. The molecule has 1 heterocycles. The molecular weight excluding hydrogens is 426 g/mol. The van der Waals surface area contributed by atoms with Gasteiger partial charge in [-0.3, -0.25) is 14.5 Å². The number of hydrogen-bond acceptors (Lipinski definition) is 5. The van der Waals surface area contributed by atoms with Gasteiger partial charge in [-0.05, 0) is 36.8 Å². The maximum atomic E-state index is 11.9. The quantitative estimate of drug-likeness (QED) is 0.198. The third-order valence-corrected chi connectivity index (χ3v) is 5.46. The average molecular weight is 460 g/mol. The molecule has 0 saturated carbocycles. The van der Waals surface area contributed by atoms with E-state index < -0.39 is 0 Å². The van der Waals surface area contributed by atoms with E-state index in [0.717, 1.165) is 11.1 Å². The van der Waals surface area contributed by atoms with Gasteiger partial charge in [0.15, 0.2) is 5.76 Å². The first-order chi connectivity index (χ1) is 15.1. The van der Waals surface area contributed by atoms with Gasteiger partial charge in [0.1, 0.15) is 5.69 Å². The van der Waals surface area contributed by atoms with E-state index >= 15 is 0 Å². The Morgan fingerprint density at radius 2 is 1.84 bits per heavy atom. The number of benzene rings is 1. The van der Waals surface area contributed by atoms with Crippen molar-refractivity contribution in [3.63, 3.8) is 0 Å². The molecule has 0 unspecified atom stereocenters. The summed E-state index contributed by atoms with van der Waals surface area (Å²) >= 11 is 6.65. The third kappa shape index (κ3) is 6.22. The topological polar surface area (TPSA) is 65.7 Å². The SMILES string of the molecule is CCCC(=O)OCO/C(=C(/C=NC)c1ccc(C(C)(C)C)cc1)c1c(Cl)c(C)nn1CC. The fraction of sp³-hybridized carbons (Fsp3) is 0.480. The summed E-state index contributed by atoms with van der Waals surface area (Å²) < 4.78 is 13.1. The van der Waals surface area contributed by atoms with Crippen LogP contribution in [-0.4, -0.2) is 35.8 Å². The zero-order chi connectivity index (χ0) is 23.9. The highest BCUT2D eigenvalue weighted by Gasteiger charge is 2.23. The second kappa shape index (κ2) is 11.3. The van der Waals surface area contributed by atoms with Crippen LogP contribution in [0.1, 0.15) is 70.0 Å². The third-order valence-electron chi connectivity index (χ3n) is 5.01. The van der Waals surface area contributed by atoms with Crippen molar-refractivity contribution in [1.29, 1.82) is 0 Å². The molecule has 0 aliphatic heterocycles. The van der Waals surface area contributed by atoms with E-state index in [-0.39, 0.29) is 18.2 Å². The Hall–Kier alpha value is -2.60. The molecule has 0 saturated heterocycles. The van der Waals surface area contributed by atoms with Crippen LogP contribution >= 0.6 is 11.6 Å². The molecule has 1 aromatic heterocycles. The van der Waals surface area contributed by atoms with Crippen molar-refractivity contribution in [2.75, 3.05) is 13.8 Å². The van der Waals surface area contributed by atoms with Crippen LogP contribution in [0.5, 0.6) is 0 Å². The standard InChI is InChI=1S/C25H34ClN3O3/c1-8-10-21(30)31-16-32-24(23-22(26)17(3)28-29(23)9-2)20(15-27-7)18-11-13-19(14-12-18)25(4,5)6/h11-15H,8-10,16H2,1-7H3/b24-20-,27-15?. The van der Waals surface area contributed by atoms with E-state index in [9.17, 15) is 4.79 Å². The molecule has 0 fully saturated rings. The summed E-state index contributed by atoms with van der Waals surface area (Å²) in [5.74, 6) is 0.161. The molecule has 0 N–H and O–H groups in total. The van der Waals surface area contributed by atoms with Crippen molar-refractivity contribution in [2.24, 2.45) is 4.99 Å². The summed E-state index contributed by atoms with van der Waals surface area (Å²) in [5, 5.41) is 5.02. The fourth-order valence-electron chi connectivity index (χ4n) is 3.25. The number of carbonyl (C=O) groups is 1. The Bertz CT molecular complexity index is 983. The zero-order valence-corrected chi connectivity index (χ0v) is 20.9. The highest BCUT2D eigenvalue weighted by atomic mass is 35.5. The van der Waals surface area contributed by atoms with Crippen molar-refractivity contribution < 1.29 is 14.3 Å². The summed E-state index contributed by atoms with van der Waals surface area (Å²) in [7, 11) is 1.70. The molecule has 0 aliphatic carbocycles. The maximum absolute atomic E-state index is 11.9. The van der Waals surface area contributed by atoms with Gasteiger partial charge in [-0.25, -0.2) is 0 Å². The largest absolute Gasteiger partial charge is 0.454 e. The van der Waals surface area contributed by atoms with Crippen LogP contribution < -0.4 is 0 Å². The highest BCUT2D eigenvalue weighted by molar-refractivity contribution is 6.33. The molecule has 0 aliphatic rings. The van der Waals surface area contributed by atoms with Crippen LogP contribution in [0.3, 0.4) is 0 Å². The van der Waals surface area contributed by atoms with Gasteiger partial charge in [-0.1, -0.05) is 63.6 Å². The van der Waals surface area contributed by atoms with Gasteiger partial charge in [-0.2, -0.15) is 5.10 Å². The predicted molar refractivity (Wildman–Crippen MR) is 131 cm³/mol. The van der Waals surface area contributed by atoms with E-state index in [1.165, 1.54) is 5.56 Å². The lowest BCUT2D eigenvalue weighted by Gasteiger charge is -2.20. The second-order valence-corrected chi connectivity index (χ2v) is 8.93. The Kier molecular flexibility index (Phi) is 9.08. The average Bonchev–Trinajstić information content (AvgIpc) is 3.03. The molecule has 6 nitrogen and oxygen atoms in total. The Balaban J connectivity index is 2.62. The number of rotatable bonds is 9. The molecule has 7 heteroatoms. The van der Waals surface area contributed by atoms with E-state index in [2.05, 4.69) is 43.0 Å². The van der Waals surface area contributed by atoms with Crippen molar-refractivity contribution in [2.45, 2.75) is 66.3 Å². The molecule has 2 aromatic rings. The van der Waals surface area contributed by atoms with Gasteiger partial charge < -0.3 is 9.47 Å². The minimum Gasteiger partial charge on any atom is -0.454 e. The molecule has 0 radical (unpaired) electrons. The van der Waals surface area contributed by atoms with Crippen LogP contribution in [0.25, 0.3) is 11.3 Å². The van der Waals surface area contributed by atoms with E-state index in [4.69, 9.17) is 21.1 Å². The molecule has 32 heavy (non-hydrogen) atoms. The summed E-state index contributed by atoms with van der Waals surface area (Å²) in [6.45, 7) is 12.7. The number of nitrogens with zero attached hydrogens (tertiary/aromatic N) is 3. The van der Waals surface area contributed by atoms with Crippen LogP contribution in [0.2, 0.25) is 5.02 Å². The van der Waals surface area contributed by atoms with E-state index in [1.807, 2.05) is 32.9 Å². The van der Waals surface area contributed by atoms with Crippen LogP contribution in [0.4, 0.5) is 0 Å². The Labute approximate surface area is 196 Å². The number of aromatic nitrogens is 2. The van der Waals surface area contributed by atoms with Gasteiger partial charge in [-0.15, -0.1) is 0 Å². The molecule has 2 rings (SSSR count). The van der Waals surface area contributed by atoms with Crippen molar-refractivity contribution >= 4 is 35.1 Å². The summed E-state index contributed by atoms with van der Waals surface area (Å²) in [4.78, 5) is 16.1. The van der Waals surface area contributed by atoms with Crippen molar-refractivity contribution in [3.05, 3.63) is 51.8 Å². The number of hydrogen-bond donors (Lipinski definition) is 0. The molecule has 0 atom stereocenters. The maximum Gasteiger partial charge on any atom is 0.308 e. The minimum absolute atomic E-state index is 0.0370. The van der Waals surface area contributed by atoms with Crippen LogP contribution in [0, 0.1) is 6.92 Å². The van der Waals surface area contributed by atoms with Crippen LogP contribution in [0.15, 0.2) is 29.3 Å². The molecule has 1 aromatic carbocycles. The van der Waals surface area contributed by atoms with Gasteiger partial charge >= 0.3 is 5.97 Å². The Morgan fingerprint density at radius 3 is 2.38 bits per heavy atom. The van der Waals surface area contributed by atoms with Crippen molar-refractivity contribution in [1.82, 2.24) is 9.78 Å². The monoisotopic (exact) mass is 459 g/mol. The van der Waals surface area contributed by atoms with E-state index in [0.29, 0.717) is 41.6 Å². The first-order valence-electron chi connectivity index (χ1n) is 10.9. The number of esters is 1. The van der Waals surface area contributed by atoms with Crippen LogP contribution in [-0.2, 0) is 26.2 Å².